The van der Waals surface area contributed by atoms with Gasteiger partial charge in [0.25, 0.3) is 0 Å². The summed E-state index contributed by atoms with van der Waals surface area (Å²) in [5, 5.41) is 7.30. The number of benzene rings is 1. The first-order valence-electron chi connectivity index (χ1n) is 8.26. The molecule has 7 heteroatoms. The molecule has 1 saturated heterocycles. The van der Waals surface area contributed by atoms with Crippen LogP contribution in [-0.4, -0.2) is 36.2 Å². The summed E-state index contributed by atoms with van der Waals surface area (Å²) in [6, 6.07) is 10.3. The molecular weight excluding hydrogens is 346 g/mol. The molecule has 0 amide bonds. The lowest BCUT2D eigenvalue weighted by Crippen LogP contribution is -2.83. The van der Waals surface area contributed by atoms with Gasteiger partial charge >= 0.3 is 0 Å². The highest BCUT2D eigenvalue weighted by Gasteiger charge is 2.32. The maximum atomic E-state index is 11.7. The van der Waals surface area contributed by atoms with Crippen LogP contribution in [0.5, 0.6) is 0 Å². The van der Waals surface area contributed by atoms with Gasteiger partial charge in [0.2, 0.25) is 0 Å². The van der Waals surface area contributed by atoms with E-state index in [1.54, 1.807) is 4.68 Å². The van der Waals surface area contributed by atoms with E-state index in [0.717, 1.165) is 30.8 Å². The van der Waals surface area contributed by atoms with Crippen molar-refractivity contribution in [3.63, 3.8) is 0 Å². The van der Waals surface area contributed by atoms with E-state index in [1.165, 1.54) is 5.56 Å². The second-order valence-electron chi connectivity index (χ2n) is 6.37. The van der Waals surface area contributed by atoms with Gasteiger partial charge in [0.15, 0.2) is 9.84 Å². The fourth-order valence-electron chi connectivity index (χ4n) is 3.16. The van der Waals surface area contributed by atoms with Crippen molar-refractivity contribution in [1.82, 2.24) is 9.78 Å². The number of aromatic nitrogens is 2. The van der Waals surface area contributed by atoms with Crippen LogP contribution in [0.2, 0.25) is 5.15 Å². The molecule has 0 aliphatic carbocycles. The molecule has 0 bridgehead atoms. The summed E-state index contributed by atoms with van der Waals surface area (Å²) < 4.78 is 25.1. The van der Waals surface area contributed by atoms with Gasteiger partial charge in [-0.1, -0.05) is 41.9 Å². The van der Waals surface area contributed by atoms with Crippen LogP contribution < -0.4 is 5.32 Å². The van der Waals surface area contributed by atoms with Gasteiger partial charge < -0.3 is 5.32 Å². The highest BCUT2D eigenvalue weighted by molar-refractivity contribution is 7.91. The number of hydrogen-bond donors (Lipinski definition) is 1. The third-order valence-electron chi connectivity index (χ3n) is 4.53. The zero-order valence-corrected chi connectivity index (χ0v) is 15.4. The number of quaternary nitrogens is 1. The normalized spacial score (nSPS) is 19.7. The van der Waals surface area contributed by atoms with E-state index in [4.69, 9.17) is 11.6 Å². The van der Waals surface area contributed by atoms with E-state index in [1.807, 2.05) is 13.0 Å². The van der Waals surface area contributed by atoms with Crippen molar-refractivity contribution in [1.29, 1.82) is 0 Å². The second-order valence-corrected chi connectivity index (χ2v) is 8.96. The van der Waals surface area contributed by atoms with Gasteiger partial charge in [-0.05, 0) is 18.9 Å². The van der Waals surface area contributed by atoms with Crippen LogP contribution in [0.25, 0.3) is 0 Å². The van der Waals surface area contributed by atoms with Gasteiger partial charge in [0.1, 0.15) is 11.7 Å². The predicted molar refractivity (Wildman–Crippen MR) is 94.9 cm³/mol. The predicted octanol–water partition coefficient (Wildman–Crippen LogP) is 1.51. The number of nitrogens with zero attached hydrogens (tertiary/aromatic N) is 2. The monoisotopic (exact) mass is 368 g/mol. The number of aryl methyl sites for hydroxylation is 1. The molecule has 1 fully saturated rings. The molecule has 24 heavy (non-hydrogen) atoms. The van der Waals surface area contributed by atoms with Gasteiger partial charge in [-0.3, -0.25) is 0 Å². The van der Waals surface area contributed by atoms with Crippen LogP contribution in [0.3, 0.4) is 0 Å². The molecule has 1 aromatic heterocycles. The Morgan fingerprint density at radius 1 is 1.33 bits per heavy atom. The molecule has 2 N–H and O–H groups in total. The highest BCUT2D eigenvalue weighted by Crippen LogP contribution is 2.29. The largest absolute Gasteiger partial charge is 0.342 e. The number of rotatable bonds is 6. The van der Waals surface area contributed by atoms with Gasteiger partial charge in [-0.2, -0.15) is 5.10 Å². The standard InChI is InChI=1S/C17H22ClN3O2S/c1-13-16(11-19-9-7-14-5-3-2-4-6-14)17(18)21(20-13)15-8-10-24(22,23)12-15/h2-6,15,19H,7-12H2,1H3/p+1/t15-/m0/s1. The fraction of sp³-hybridized carbons (Fsp3) is 0.471. The Bertz CT molecular complexity index is 803. The number of nitrogens with two attached hydrogens (primary N) is 1. The molecule has 3 rings (SSSR count). The summed E-state index contributed by atoms with van der Waals surface area (Å²) in [6.07, 6.45) is 1.60. The molecule has 2 heterocycles. The SMILES string of the molecule is Cc1nn([C@H]2CCS(=O)(=O)C2)c(Cl)c1C[NH2+]CCc1ccccc1. The summed E-state index contributed by atoms with van der Waals surface area (Å²) in [6.45, 7) is 3.67. The summed E-state index contributed by atoms with van der Waals surface area (Å²) in [7, 11) is -2.94. The topological polar surface area (TPSA) is 68.6 Å². The first-order valence-corrected chi connectivity index (χ1v) is 10.5. The van der Waals surface area contributed by atoms with Gasteiger partial charge in [-0.15, -0.1) is 0 Å². The van der Waals surface area contributed by atoms with Crippen LogP contribution in [0.15, 0.2) is 30.3 Å². The van der Waals surface area contributed by atoms with Crippen molar-refractivity contribution in [3.05, 3.63) is 52.3 Å². The summed E-state index contributed by atoms with van der Waals surface area (Å²) in [5.41, 5.74) is 3.22. The Kier molecular flexibility index (Phi) is 5.27. The smallest absolute Gasteiger partial charge is 0.152 e. The fourth-order valence-corrected chi connectivity index (χ4v) is 5.24. The zero-order valence-electron chi connectivity index (χ0n) is 13.8. The van der Waals surface area contributed by atoms with Crippen LogP contribution in [0.4, 0.5) is 0 Å². The summed E-state index contributed by atoms with van der Waals surface area (Å²) in [5.74, 6) is 0.371. The lowest BCUT2D eigenvalue weighted by atomic mass is 10.1. The van der Waals surface area contributed by atoms with E-state index in [2.05, 4.69) is 34.7 Å². The summed E-state index contributed by atoms with van der Waals surface area (Å²) >= 11 is 6.48. The molecule has 0 unspecified atom stereocenters. The lowest BCUT2D eigenvalue weighted by molar-refractivity contribution is -0.670. The zero-order chi connectivity index (χ0) is 17.2. The molecule has 0 saturated carbocycles. The summed E-state index contributed by atoms with van der Waals surface area (Å²) in [4.78, 5) is 0. The minimum Gasteiger partial charge on any atom is -0.342 e. The molecule has 0 spiro atoms. The van der Waals surface area contributed by atoms with Crippen molar-refractivity contribution < 1.29 is 13.7 Å². The molecule has 130 valence electrons. The van der Waals surface area contributed by atoms with Crippen molar-refractivity contribution in [3.8, 4) is 0 Å². The third-order valence-corrected chi connectivity index (χ3v) is 6.68. The van der Waals surface area contributed by atoms with Gasteiger partial charge in [0, 0.05) is 6.42 Å². The number of halogens is 1. The average molecular weight is 369 g/mol. The molecule has 1 aromatic carbocycles. The van der Waals surface area contributed by atoms with E-state index in [9.17, 15) is 8.42 Å². The van der Waals surface area contributed by atoms with E-state index >= 15 is 0 Å². The van der Waals surface area contributed by atoms with Crippen LogP contribution >= 0.6 is 11.6 Å². The van der Waals surface area contributed by atoms with Crippen LogP contribution in [0.1, 0.15) is 29.3 Å². The maximum Gasteiger partial charge on any atom is 0.152 e. The molecule has 1 atom stereocenters. The Balaban J connectivity index is 1.60. The number of sulfone groups is 1. The molecular formula is C17H23ClN3O2S+. The molecule has 0 radical (unpaired) electrons. The maximum absolute atomic E-state index is 11.7. The molecule has 5 nitrogen and oxygen atoms in total. The molecule has 1 aliphatic heterocycles. The minimum absolute atomic E-state index is 0.126. The third kappa shape index (κ3) is 3.99. The molecule has 2 aromatic rings. The van der Waals surface area contributed by atoms with Crippen molar-refractivity contribution in [2.75, 3.05) is 18.1 Å². The average Bonchev–Trinajstić information content (AvgIpc) is 3.05. The van der Waals surface area contributed by atoms with Crippen LogP contribution in [0, 0.1) is 6.92 Å². The van der Waals surface area contributed by atoms with Crippen molar-refractivity contribution >= 4 is 21.4 Å². The first-order chi connectivity index (χ1) is 11.5. The Morgan fingerprint density at radius 3 is 2.75 bits per heavy atom. The van der Waals surface area contributed by atoms with Gasteiger partial charge in [0.05, 0.1) is 35.3 Å². The van der Waals surface area contributed by atoms with Crippen molar-refractivity contribution in [2.45, 2.75) is 32.4 Å². The Hall–Kier alpha value is -1.37. The quantitative estimate of drug-likeness (QED) is 0.786. The minimum atomic E-state index is -2.94. The lowest BCUT2D eigenvalue weighted by Gasteiger charge is -2.09. The first kappa shape index (κ1) is 17.5. The van der Waals surface area contributed by atoms with Crippen LogP contribution in [-0.2, 0) is 22.8 Å². The van der Waals surface area contributed by atoms with E-state index in [0.29, 0.717) is 11.6 Å². The number of hydrogen-bond acceptors (Lipinski definition) is 3. The highest BCUT2D eigenvalue weighted by atomic mass is 35.5. The van der Waals surface area contributed by atoms with Crippen molar-refractivity contribution in [2.24, 2.45) is 0 Å². The Morgan fingerprint density at radius 2 is 2.08 bits per heavy atom. The Labute approximate surface area is 147 Å². The van der Waals surface area contributed by atoms with E-state index < -0.39 is 9.84 Å². The second kappa shape index (κ2) is 7.25. The molecule has 1 aliphatic rings. The van der Waals surface area contributed by atoms with Gasteiger partial charge in [-0.25, -0.2) is 13.1 Å². The van der Waals surface area contributed by atoms with E-state index in [-0.39, 0.29) is 17.5 Å².